The predicted octanol–water partition coefficient (Wildman–Crippen LogP) is 5.54. The number of aryl methyl sites for hydroxylation is 1. The number of halogens is 3. The Morgan fingerprint density at radius 1 is 1.18 bits per heavy atom. The summed E-state index contributed by atoms with van der Waals surface area (Å²) in [4.78, 5) is 28.2. The van der Waals surface area contributed by atoms with Gasteiger partial charge >= 0.3 is 6.18 Å². The van der Waals surface area contributed by atoms with Gasteiger partial charge in [0.1, 0.15) is 6.04 Å². The fourth-order valence-electron chi connectivity index (χ4n) is 4.26. The van der Waals surface area contributed by atoms with E-state index in [0.29, 0.717) is 18.0 Å². The predicted molar refractivity (Wildman–Crippen MR) is 128 cm³/mol. The second-order valence-corrected chi connectivity index (χ2v) is 9.74. The molecule has 5 nitrogen and oxygen atoms in total. The van der Waals surface area contributed by atoms with Crippen LogP contribution >= 0.6 is 11.8 Å². The number of nitrogens with zero attached hydrogens (tertiary/aromatic N) is 2. The van der Waals surface area contributed by atoms with Gasteiger partial charge in [0, 0.05) is 35.7 Å². The highest BCUT2D eigenvalue weighted by molar-refractivity contribution is 8.00. The lowest BCUT2D eigenvalue weighted by Gasteiger charge is -2.30. The Balaban J connectivity index is 1.90. The third-order valence-electron chi connectivity index (χ3n) is 5.94. The molecular weight excluding hydrogens is 463 g/mol. The van der Waals surface area contributed by atoms with Crippen molar-refractivity contribution in [3.8, 4) is 0 Å². The van der Waals surface area contributed by atoms with E-state index in [4.69, 9.17) is 0 Å². The maximum atomic E-state index is 13.6. The Labute approximate surface area is 200 Å². The first-order valence-corrected chi connectivity index (χ1v) is 12.0. The number of carbonyl (C=O) groups excluding carboxylic acids is 2. The molecule has 3 aromatic rings. The molecule has 180 valence electrons. The molecule has 9 heteroatoms. The highest BCUT2D eigenvalue weighted by Crippen LogP contribution is 2.44. The average Bonchev–Trinajstić information content (AvgIpc) is 2.96. The van der Waals surface area contributed by atoms with Crippen molar-refractivity contribution in [2.24, 2.45) is 13.0 Å². The van der Waals surface area contributed by atoms with Crippen molar-refractivity contribution in [3.63, 3.8) is 0 Å². The molecule has 1 N–H and O–H groups in total. The van der Waals surface area contributed by atoms with Gasteiger partial charge in [-0.05, 0) is 36.6 Å². The van der Waals surface area contributed by atoms with Crippen molar-refractivity contribution in [3.05, 3.63) is 59.7 Å². The summed E-state index contributed by atoms with van der Waals surface area (Å²) in [5, 5.41) is 4.47. The number of fused-ring (bicyclic) bond motifs is 3. The van der Waals surface area contributed by atoms with Gasteiger partial charge in [0.05, 0.1) is 16.3 Å². The van der Waals surface area contributed by atoms with Crippen molar-refractivity contribution in [1.29, 1.82) is 0 Å². The summed E-state index contributed by atoms with van der Waals surface area (Å²) in [6.45, 7) is 4.48. The van der Waals surface area contributed by atoms with Crippen LogP contribution < -0.4 is 10.2 Å². The molecule has 4 rings (SSSR count). The molecule has 1 unspecified atom stereocenters. The largest absolute Gasteiger partial charge is 0.416 e. The highest BCUT2D eigenvalue weighted by atomic mass is 32.2. The molecule has 2 amide bonds. The van der Waals surface area contributed by atoms with Crippen LogP contribution in [-0.4, -0.2) is 28.7 Å². The zero-order valence-electron chi connectivity index (χ0n) is 19.1. The SMILES string of the molecule is CC(C)CCNC(=O)C1c2c(n(C)c3ccccc23)SCC(=O)N1c1cccc(C(F)(F)F)c1. The quantitative estimate of drug-likeness (QED) is 0.512. The summed E-state index contributed by atoms with van der Waals surface area (Å²) in [6, 6.07) is 11.1. The van der Waals surface area contributed by atoms with E-state index in [1.807, 2.05) is 49.7 Å². The smallest absolute Gasteiger partial charge is 0.354 e. The zero-order chi connectivity index (χ0) is 24.6. The number of benzene rings is 2. The molecule has 0 radical (unpaired) electrons. The Bertz CT molecular complexity index is 1240. The highest BCUT2D eigenvalue weighted by Gasteiger charge is 2.40. The van der Waals surface area contributed by atoms with Gasteiger partial charge in [-0.15, -0.1) is 0 Å². The van der Waals surface area contributed by atoms with Crippen molar-refractivity contribution in [1.82, 2.24) is 9.88 Å². The molecule has 34 heavy (non-hydrogen) atoms. The normalized spacial score (nSPS) is 16.6. The number of anilines is 1. The monoisotopic (exact) mass is 489 g/mol. The molecule has 1 aliphatic heterocycles. The first kappa shape index (κ1) is 24.2. The van der Waals surface area contributed by atoms with Gasteiger partial charge in [0.2, 0.25) is 11.8 Å². The number of alkyl halides is 3. The van der Waals surface area contributed by atoms with Crippen molar-refractivity contribution < 1.29 is 22.8 Å². The molecule has 0 fully saturated rings. The summed E-state index contributed by atoms with van der Waals surface area (Å²) in [6.07, 6.45) is -3.83. The minimum Gasteiger partial charge on any atom is -0.354 e. The third-order valence-corrected chi connectivity index (χ3v) is 7.10. The van der Waals surface area contributed by atoms with Gasteiger partial charge in [-0.1, -0.05) is 49.9 Å². The van der Waals surface area contributed by atoms with Crippen LogP contribution in [0.5, 0.6) is 0 Å². The van der Waals surface area contributed by atoms with Crippen LogP contribution in [-0.2, 0) is 22.8 Å². The topological polar surface area (TPSA) is 54.3 Å². The van der Waals surface area contributed by atoms with Gasteiger partial charge in [-0.25, -0.2) is 0 Å². The second kappa shape index (κ2) is 9.37. The van der Waals surface area contributed by atoms with Gasteiger partial charge in [0.25, 0.3) is 0 Å². The molecule has 0 spiro atoms. The van der Waals surface area contributed by atoms with Crippen LogP contribution in [0.4, 0.5) is 18.9 Å². The van der Waals surface area contributed by atoms with E-state index in [1.54, 1.807) is 0 Å². The molecule has 2 aromatic carbocycles. The van der Waals surface area contributed by atoms with E-state index in [1.165, 1.54) is 28.8 Å². The summed E-state index contributed by atoms with van der Waals surface area (Å²) in [5.41, 5.74) is 0.698. The van der Waals surface area contributed by atoms with Crippen LogP contribution in [0.3, 0.4) is 0 Å². The number of carbonyl (C=O) groups is 2. The van der Waals surface area contributed by atoms with E-state index in [-0.39, 0.29) is 11.4 Å². The van der Waals surface area contributed by atoms with Crippen LogP contribution in [0.1, 0.15) is 37.4 Å². The Morgan fingerprint density at radius 2 is 1.91 bits per heavy atom. The number of nitrogens with one attached hydrogen (secondary N) is 1. The van der Waals surface area contributed by atoms with Crippen molar-refractivity contribution >= 4 is 40.2 Å². The molecular formula is C25H26F3N3O2S. The first-order valence-electron chi connectivity index (χ1n) is 11.1. The lowest BCUT2D eigenvalue weighted by Crippen LogP contribution is -2.44. The molecule has 1 aromatic heterocycles. The lowest BCUT2D eigenvalue weighted by atomic mass is 10.0. The van der Waals surface area contributed by atoms with Crippen molar-refractivity contribution in [2.45, 2.75) is 37.5 Å². The van der Waals surface area contributed by atoms with Gasteiger partial charge in [-0.2, -0.15) is 13.2 Å². The fourth-order valence-corrected chi connectivity index (χ4v) is 5.33. The van der Waals surface area contributed by atoms with E-state index in [0.717, 1.165) is 34.5 Å². The lowest BCUT2D eigenvalue weighted by molar-refractivity contribution is -0.137. The van der Waals surface area contributed by atoms with Crippen LogP contribution in [0.25, 0.3) is 10.9 Å². The summed E-state index contributed by atoms with van der Waals surface area (Å²) in [7, 11) is 1.87. The van der Waals surface area contributed by atoms with E-state index in [2.05, 4.69) is 5.32 Å². The van der Waals surface area contributed by atoms with Crippen LogP contribution in [0.15, 0.2) is 53.6 Å². The van der Waals surface area contributed by atoms with E-state index >= 15 is 0 Å². The number of hydrogen-bond donors (Lipinski definition) is 1. The van der Waals surface area contributed by atoms with Crippen molar-refractivity contribution in [2.75, 3.05) is 17.2 Å². The maximum absolute atomic E-state index is 13.6. The van der Waals surface area contributed by atoms with Gasteiger partial charge in [-0.3, -0.25) is 14.5 Å². The number of rotatable bonds is 5. The van der Waals surface area contributed by atoms with Crippen LogP contribution in [0.2, 0.25) is 0 Å². The number of amides is 2. The first-order chi connectivity index (χ1) is 16.1. The molecule has 2 heterocycles. The Hall–Kier alpha value is -2.94. The Kier molecular flexibility index (Phi) is 6.66. The number of thioether (sulfide) groups is 1. The third kappa shape index (κ3) is 4.53. The molecule has 0 bridgehead atoms. The molecule has 0 saturated heterocycles. The molecule has 1 atom stereocenters. The number of para-hydroxylation sites is 1. The average molecular weight is 490 g/mol. The summed E-state index contributed by atoms with van der Waals surface area (Å²) < 4.78 is 42.3. The van der Waals surface area contributed by atoms with E-state index < -0.39 is 29.6 Å². The molecule has 1 aliphatic rings. The fraction of sp³-hybridized carbons (Fsp3) is 0.360. The molecule has 0 saturated carbocycles. The molecule has 0 aliphatic carbocycles. The van der Waals surface area contributed by atoms with Crippen LogP contribution in [0, 0.1) is 5.92 Å². The minimum atomic E-state index is -4.57. The van der Waals surface area contributed by atoms with Gasteiger partial charge in [0.15, 0.2) is 0 Å². The number of aromatic nitrogens is 1. The summed E-state index contributed by atoms with van der Waals surface area (Å²) >= 11 is 1.30. The maximum Gasteiger partial charge on any atom is 0.416 e. The van der Waals surface area contributed by atoms with Gasteiger partial charge < -0.3 is 9.88 Å². The second-order valence-electron chi connectivity index (χ2n) is 8.77. The Morgan fingerprint density at radius 3 is 2.62 bits per heavy atom. The minimum absolute atomic E-state index is 0.00316. The summed E-state index contributed by atoms with van der Waals surface area (Å²) in [5.74, 6) is -0.470. The standard InChI is InChI=1S/C25H26F3N3O2S/c1-15(2)11-12-29-23(33)22-21-18-9-4-5-10-19(18)30(3)24(21)34-14-20(32)31(22)17-8-6-7-16(13-17)25(26,27)28/h4-10,13,15,22H,11-12,14H2,1-3H3,(H,29,33). The van der Waals surface area contributed by atoms with E-state index in [9.17, 15) is 22.8 Å². The zero-order valence-corrected chi connectivity index (χ0v) is 20.0. The number of hydrogen-bond acceptors (Lipinski definition) is 3.